The topological polar surface area (TPSA) is 48.0 Å². The van der Waals surface area contributed by atoms with Crippen LogP contribution < -0.4 is 0 Å². The lowest BCUT2D eigenvalue weighted by molar-refractivity contribution is -0.135. The van der Waals surface area contributed by atoms with E-state index in [0.717, 1.165) is 37.7 Å². The fraction of sp³-hybridized carbons (Fsp3) is 0.591. The van der Waals surface area contributed by atoms with Crippen molar-refractivity contribution in [3.05, 3.63) is 47.5 Å². The first kappa shape index (κ1) is 19.9. The molecule has 0 N–H and O–H groups in total. The molecule has 27 heavy (non-hydrogen) atoms. The van der Waals surface area contributed by atoms with E-state index in [2.05, 4.69) is 6.08 Å². The van der Waals surface area contributed by atoms with Crippen LogP contribution in [0.1, 0.15) is 51.5 Å². The first-order chi connectivity index (χ1) is 13.2. The van der Waals surface area contributed by atoms with Crippen LogP contribution in [0.25, 0.3) is 0 Å². The van der Waals surface area contributed by atoms with Crippen molar-refractivity contribution in [2.45, 2.75) is 70.9 Å². The van der Waals surface area contributed by atoms with Crippen molar-refractivity contribution in [2.24, 2.45) is 0 Å². The van der Waals surface area contributed by atoms with E-state index in [-0.39, 0.29) is 24.5 Å². The molecule has 2 aliphatic heterocycles. The third kappa shape index (κ3) is 5.33. The Labute approximate surface area is 162 Å². The molecule has 1 aromatic rings. The van der Waals surface area contributed by atoms with Crippen molar-refractivity contribution in [2.75, 3.05) is 13.2 Å². The number of carbonyl (C=O) groups is 1. The standard InChI is InChI=1S/C22H31NO4/c1-3-25-21(26-4-2)15-18-13-19-11-8-12-20(14-18)23(19)22(24)27-16-17-9-6-5-7-10-17/h5-7,9-10,13,19-21H,3-4,8,11-12,14-16H2,1-2H3. The van der Waals surface area contributed by atoms with Crippen molar-refractivity contribution < 1.29 is 19.0 Å². The van der Waals surface area contributed by atoms with E-state index >= 15 is 0 Å². The summed E-state index contributed by atoms with van der Waals surface area (Å²) in [6.07, 6.45) is 6.69. The Morgan fingerprint density at radius 1 is 1.15 bits per heavy atom. The minimum atomic E-state index is -0.199. The van der Waals surface area contributed by atoms with Gasteiger partial charge in [0.1, 0.15) is 6.61 Å². The Bertz CT molecular complexity index is 624. The summed E-state index contributed by atoms with van der Waals surface area (Å²) < 4.78 is 17.0. The SMILES string of the molecule is CCOC(CC1=CC2CCCC(C1)N2C(=O)OCc1ccccc1)OCC. The van der Waals surface area contributed by atoms with Gasteiger partial charge in [-0.3, -0.25) is 4.90 Å². The van der Waals surface area contributed by atoms with Crippen LogP contribution >= 0.6 is 0 Å². The molecule has 1 aromatic carbocycles. The lowest BCUT2D eigenvalue weighted by Gasteiger charge is -2.44. The maximum absolute atomic E-state index is 12.7. The molecule has 1 fully saturated rings. The second-order valence-electron chi connectivity index (χ2n) is 7.17. The second kappa shape index (κ2) is 9.90. The number of hydrogen-bond acceptors (Lipinski definition) is 4. The van der Waals surface area contributed by atoms with Gasteiger partial charge in [-0.2, -0.15) is 0 Å². The number of ether oxygens (including phenoxy) is 3. The zero-order chi connectivity index (χ0) is 19.1. The molecule has 0 aliphatic carbocycles. The van der Waals surface area contributed by atoms with Crippen LogP contribution in [-0.4, -0.2) is 42.6 Å². The van der Waals surface area contributed by atoms with Gasteiger partial charge in [0.15, 0.2) is 6.29 Å². The molecule has 2 bridgehead atoms. The summed E-state index contributed by atoms with van der Waals surface area (Å²) >= 11 is 0. The van der Waals surface area contributed by atoms with Crippen molar-refractivity contribution in [3.63, 3.8) is 0 Å². The smallest absolute Gasteiger partial charge is 0.410 e. The normalized spacial score (nSPS) is 21.9. The van der Waals surface area contributed by atoms with Crippen LogP contribution in [0.5, 0.6) is 0 Å². The Kier molecular flexibility index (Phi) is 7.30. The Morgan fingerprint density at radius 2 is 1.89 bits per heavy atom. The maximum Gasteiger partial charge on any atom is 0.410 e. The Morgan fingerprint density at radius 3 is 2.56 bits per heavy atom. The summed E-state index contributed by atoms with van der Waals surface area (Å²) in [5, 5.41) is 0. The lowest BCUT2D eigenvalue weighted by Crippen LogP contribution is -2.52. The molecule has 2 heterocycles. The molecule has 0 aromatic heterocycles. The monoisotopic (exact) mass is 373 g/mol. The number of amides is 1. The molecular formula is C22H31NO4. The van der Waals surface area contributed by atoms with Gasteiger partial charge in [0, 0.05) is 25.7 Å². The van der Waals surface area contributed by atoms with Gasteiger partial charge in [0.25, 0.3) is 0 Å². The van der Waals surface area contributed by atoms with E-state index < -0.39 is 0 Å². The van der Waals surface area contributed by atoms with Crippen molar-refractivity contribution >= 4 is 6.09 Å². The fourth-order valence-corrected chi connectivity index (χ4v) is 4.10. The summed E-state index contributed by atoms with van der Waals surface area (Å²) in [4.78, 5) is 14.7. The highest BCUT2D eigenvalue weighted by atomic mass is 16.7. The van der Waals surface area contributed by atoms with Crippen molar-refractivity contribution in [3.8, 4) is 0 Å². The van der Waals surface area contributed by atoms with E-state index in [4.69, 9.17) is 14.2 Å². The molecule has 0 radical (unpaired) electrons. The molecule has 2 aliphatic rings. The second-order valence-corrected chi connectivity index (χ2v) is 7.17. The van der Waals surface area contributed by atoms with Crippen LogP contribution in [-0.2, 0) is 20.8 Å². The van der Waals surface area contributed by atoms with Crippen LogP contribution in [0.3, 0.4) is 0 Å². The van der Waals surface area contributed by atoms with Gasteiger partial charge in [-0.1, -0.05) is 42.0 Å². The van der Waals surface area contributed by atoms with E-state index in [9.17, 15) is 4.79 Å². The van der Waals surface area contributed by atoms with E-state index in [0.29, 0.717) is 19.8 Å². The minimum Gasteiger partial charge on any atom is -0.445 e. The predicted molar refractivity (Wildman–Crippen MR) is 104 cm³/mol. The van der Waals surface area contributed by atoms with Gasteiger partial charge in [0.05, 0.1) is 6.04 Å². The van der Waals surface area contributed by atoms with E-state index in [1.807, 2.05) is 49.1 Å². The highest BCUT2D eigenvalue weighted by molar-refractivity contribution is 5.69. The minimum absolute atomic E-state index is 0.125. The van der Waals surface area contributed by atoms with Crippen molar-refractivity contribution in [1.82, 2.24) is 4.90 Å². The summed E-state index contributed by atoms with van der Waals surface area (Å²) in [5.74, 6) is 0. The molecule has 3 rings (SSSR count). The number of fused-ring (bicyclic) bond motifs is 2. The third-order valence-electron chi connectivity index (χ3n) is 5.26. The largest absolute Gasteiger partial charge is 0.445 e. The van der Waals surface area contributed by atoms with Gasteiger partial charge in [-0.25, -0.2) is 4.79 Å². The van der Waals surface area contributed by atoms with E-state index in [1.165, 1.54) is 5.57 Å². The maximum atomic E-state index is 12.7. The van der Waals surface area contributed by atoms with E-state index in [1.54, 1.807) is 0 Å². The molecule has 1 saturated heterocycles. The molecule has 5 nitrogen and oxygen atoms in total. The summed E-state index contributed by atoms with van der Waals surface area (Å²) in [6, 6.07) is 10.2. The van der Waals surface area contributed by atoms with Gasteiger partial charge >= 0.3 is 6.09 Å². The zero-order valence-electron chi connectivity index (χ0n) is 16.4. The molecular weight excluding hydrogens is 342 g/mol. The number of rotatable bonds is 8. The first-order valence-corrected chi connectivity index (χ1v) is 10.1. The third-order valence-corrected chi connectivity index (χ3v) is 5.26. The highest BCUT2D eigenvalue weighted by Gasteiger charge is 2.38. The quantitative estimate of drug-likeness (QED) is 0.491. The van der Waals surface area contributed by atoms with Gasteiger partial charge < -0.3 is 14.2 Å². The van der Waals surface area contributed by atoms with Crippen LogP contribution in [0.15, 0.2) is 42.0 Å². The first-order valence-electron chi connectivity index (χ1n) is 10.1. The fourth-order valence-electron chi connectivity index (χ4n) is 4.10. The molecule has 0 saturated carbocycles. The number of benzene rings is 1. The molecule has 2 atom stereocenters. The van der Waals surface area contributed by atoms with Gasteiger partial charge in [-0.05, 0) is 45.1 Å². The van der Waals surface area contributed by atoms with Crippen LogP contribution in [0.4, 0.5) is 4.79 Å². The molecule has 5 heteroatoms. The molecule has 148 valence electrons. The lowest BCUT2D eigenvalue weighted by atomic mass is 9.84. The number of piperidine rings is 1. The molecule has 1 amide bonds. The van der Waals surface area contributed by atoms with Crippen molar-refractivity contribution in [1.29, 1.82) is 0 Å². The summed E-state index contributed by atoms with van der Waals surface area (Å²) in [5.41, 5.74) is 2.35. The van der Waals surface area contributed by atoms with Crippen LogP contribution in [0, 0.1) is 0 Å². The summed E-state index contributed by atoms with van der Waals surface area (Å²) in [7, 11) is 0. The number of nitrogens with zero attached hydrogens (tertiary/aromatic N) is 1. The van der Waals surface area contributed by atoms with Crippen LogP contribution in [0.2, 0.25) is 0 Å². The average molecular weight is 373 g/mol. The molecule has 2 unspecified atom stereocenters. The Balaban J connectivity index is 1.62. The average Bonchev–Trinajstić information content (AvgIpc) is 2.66. The van der Waals surface area contributed by atoms with Gasteiger partial charge in [-0.15, -0.1) is 0 Å². The number of carbonyl (C=O) groups excluding carboxylic acids is 1. The van der Waals surface area contributed by atoms with Gasteiger partial charge in [0.2, 0.25) is 0 Å². The predicted octanol–water partition coefficient (Wildman–Crippen LogP) is 4.67. The molecule has 0 spiro atoms. The number of hydrogen-bond donors (Lipinski definition) is 0. The zero-order valence-corrected chi connectivity index (χ0v) is 16.4. The Hall–Kier alpha value is -1.85. The summed E-state index contributed by atoms with van der Waals surface area (Å²) in [6.45, 7) is 5.58. The highest BCUT2D eigenvalue weighted by Crippen LogP contribution is 2.35.